The van der Waals surface area contributed by atoms with Crippen molar-refractivity contribution in [1.82, 2.24) is 10.3 Å². The van der Waals surface area contributed by atoms with E-state index in [0.29, 0.717) is 10.2 Å². The second-order valence-corrected chi connectivity index (χ2v) is 6.49. The number of thiazole rings is 1. The molecule has 1 heterocycles. The van der Waals surface area contributed by atoms with Gasteiger partial charge in [0.1, 0.15) is 5.82 Å². The van der Waals surface area contributed by atoms with E-state index in [0.717, 1.165) is 30.6 Å². The van der Waals surface area contributed by atoms with Gasteiger partial charge in [0.2, 0.25) is 0 Å². The lowest BCUT2D eigenvalue weighted by Gasteiger charge is -2.24. The van der Waals surface area contributed by atoms with Gasteiger partial charge in [-0.25, -0.2) is 9.37 Å². The number of halogens is 1. The average Bonchev–Trinajstić information content (AvgIpc) is 2.80. The zero-order valence-corrected chi connectivity index (χ0v) is 12.9. The Hall–Kier alpha value is -1.73. The lowest BCUT2D eigenvalue weighted by atomic mass is 9.98. The molecule has 0 saturated heterocycles. The summed E-state index contributed by atoms with van der Waals surface area (Å²) in [6, 6.07) is 6.39. The Morgan fingerprint density at radius 2 is 2.14 bits per heavy atom. The van der Waals surface area contributed by atoms with Crippen LogP contribution in [-0.4, -0.2) is 16.1 Å². The number of nitrogens with two attached hydrogens (primary N) is 1. The van der Waals surface area contributed by atoms with Crippen LogP contribution in [0.25, 0.3) is 0 Å². The lowest BCUT2D eigenvalue weighted by Crippen LogP contribution is -2.40. The Morgan fingerprint density at radius 3 is 2.90 bits per heavy atom. The minimum atomic E-state index is -0.262. The number of benzene rings is 1. The minimum absolute atomic E-state index is 0.262. The van der Waals surface area contributed by atoms with Crippen molar-refractivity contribution >= 4 is 39.5 Å². The van der Waals surface area contributed by atoms with Crippen LogP contribution in [0.2, 0.25) is 0 Å². The van der Waals surface area contributed by atoms with Crippen molar-refractivity contribution in [3.05, 3.63) is 40.7 Å². The van der Waals surface area contributed by atoms with E-state index >= 15 is 0 Å². The first-order valence-electron chi connectivity index (χ1n) is 6.67. The van der Waals surface area contributed by atoms with E-state index in [1.807, 2.05) is 0 Å². The zero-order chi connectivity index (χ0) is 14.8. The van der Waals surface area contributed by atoms with Crippen molar-refractivity contribution < 1.29 is 4.39 Å². The van der Waals surface area contributed by atoms with Gasteiger partial charge in [0.05, 0.1) is 5.69 Å². The van der Waals surface area contributed by atoms with Crippen molar-refractivity contribution in [1.29, 1.82) is 0 Å². The van der Waals surface area contributed by atoms with Crippen molar-refractivity contribution in [3.8, 4) is 0 Å². The number of anilines is 2. The van der Waals surface area contributed by atoms with Gasteiger partial charge in [-0.05, 0) is 49.3 Å². The predicted molar refractivity (Wildman–Crippen MR) is 88.1 cm³/mol. The number of hydrogen-bond donors (Lipinski definition) is 3. The number of nitrogens with one attached hydrogen (secondary N) is 2. The highest BCUT2D eigenvalue weighted by Crippen LogP contribution is 2.28. The van der Waals surface area contributed by atoms with Gasteiger partial charge >= 0.3 is 0 Å². The molecule has 0 unspecified atom stereocenters. The first-order valence-corrected chi connectivity index (χ1v) is 7.90. The summed E-state index contributed by atoms with van der Waals surface area (Å²) in [7, 11) is 0. The van der Waals surface area contributed by atoms with E-state index in [1.165, 1.54) is 17.0 Å². The third-order valence-corrected chi connectivity index (χ3v) is 4.56. The van der Waals surface area contributed by atoms with Crippen LogP contribution in [0.5, 0.6) is 0 Å². The van der Waals surface area contributed by atoms with Crippen molar-refractivity contribution in [2.75, 3.05) is 11.1 Å². The standard InChI is InChI=1S/C14H15FN4S2/c15-8-1-3-9(4-2-8)17-14(20)18-10-5-6-11-12(7-10)21-13(16)19-11/h1-4,10H,5-7H2,(H2,16,19)(H2,17,18,20)/t10-/m0/s1. The quantitative estimate of drug-likeness (QED) is 0.742. The molecule has 2 aromatic rings. The normalized spacial score (nSPS) is 17.1. The molecular weight excluding hydrogens is 307 g/mol. The predicted octanol–water partition coefficient (Wildman–Crippen LogP) is 2.71. The van der Waals surface area contributed by atoms with E-state index in [2.05, 4.69) is 15.6 Å². The highest BCUT2D eigenvalue weighted by molar-refractivity contribution is 7.80. The number of thiocarbonyl (C=S) groups is 1. The molecule has 0 spiro atoms. The Morgan fingerprint density at radius 1 is 1.38 bits per heavy atom. The molecule has 0 radical (unpaired) electrons. The Balaban J connectivity index is 1.57. The highest BCUT2D eigenvalue weighted by Gasteiger charge is 2.22. The highest BCUT2D eigenvalue weighted by atomic mass is 32.1. The summed E-state index contributed by atoms with van der Waals surface area (Å²) in [5.41, 5.74) is 7.63. The van der Waals surface area contributed by atoms with E-state index in [9.17, 15) is 4.39 Å². The van der Waals surface area contributed by atoms with Gasteiger partial charge in [-0.2, -0.15) is 0 Å². The Kier molecular flexibility index (Phi) is 4.03. The molecule has 0 amide bonds. The van der Waals surface area contributed by atoms with Crippen LogP contribution in [0, 0.1) is 5.82 Å². The molecule has 0 fully saturated rings. The molecule has 110 valence electrons. The summed E-state index contributed by atoms with van der Waals surface area (Å²) >= 11 is 6.85. The Bertz CT molecular complexity index is 653. The third-order valence-electron chi connectivity index (χ3n) is 3.39. The molecule has 0 aliphatic heterocycles. The third kappa shape index (κ3) is 3.48. The van der Waals surface area contributed by atoms with Crippen LogP contribution in [0.4, 0.5) is 15.2 Å². The van der Waals surface area contributed by atoms with E-state index in [-0.39, 0.29) is 11.9 Å². The summed E-state index contributed by atoms with van der Waals surface area (Å²) in [6.07, 6.45) is 2.77. The second kappa shape index (κ2) is 5.95. The fourth-order valence-corrected chi connectivity index (χ4v) is 3.65. The maximum atomic E-state index is 12.8. The van der Waals surface area contributed by atoms with Crippen LogP contribution < -0.4 is 16.4 Å². The second-order valence-electron chi connectivity index (χ2n) is 4.97. The van der Waals surface area contributed by atoms with Gasteiger partial charge in [0, 0.05) is 23.0 Å². The van der Waals surface area contributed by atoms with Crippen molar-refractivity contribution in [2.24, 2.45) is 0 Å². The molecule has 1 aromatic heterocycles. The molecule has 4 N–H and O–H groups in total. The smallest absolute Gasteiger partial charge is 0.180 e. The summed E-state index contributed by atoms with van der Waals surface area (Å²) in [5, 5.41) is 7.54. The molecule has 3 rings (SSSR count). The molecule has 1 atom stereocenters. The maximum Gasteiger partial charge on any atom is 0.180 e. The summed E-state index contributed by atoms with van der Waals surface area (Å²) in [4.78, 5) is 5.56. The molecule has 7 heteroatoms. The number of fused-ring (bicyclic) bond motifs is 1. The van der Waals surface area contributed by atoms with E-state index in [4.69, 9.17) is 18.0 Å². The lowest BCUT2D eigenvalue weighted by molar-refractivity contribution is 0.531. The molecule has 1 aliphatic rings. The van der Waals surface area contributed by atoms with Crippen LogP contribution in [-0.2, 0) is 12.8 Å². The molecule has 0 saturated carbocycles. The first kappa shape index (κ1) is 14.2. The summed E-state index contributed by atoms with van der Waals surface area (Å²) in [6.45, 7) is 0. The number of hydrogen-bond acceptors (Lipinski definition) is 4. The molecular formula is C14H15FN4S2. The zero-order valence-electron chi connectivity index (χ0n) is 11.2. The number of aryl methyl sites for hydroxylation is 1. The number of rotatable bonds is 2. The number of aromatic nitrogens is 1. The average molecular weight is 322 g/mol. The molecule has 21 heavy (non-hydrogen) atoms. The monoisotopic (exact) mass is 322 g/mol. The molecule has 4 nitrogen and oxygen atoms in total. The van der Waals surface area contributed by atoms with Crippen LogP contribution in [0.3, 0.4) is 0 Å². The van der Waals surface area contributed by atoms with Crippen LogP contribution in [0.1, 0.15) is 17.0 Å². The van der Waals surface area contributed by atoms with Gasteiger partial charge < -0.3 is 16.4 Å². The largest absolute Gasteiger partial charge is 0.375 e. The maximum absolute atomic E-state index is 12.8. The number of nitrogen functional groups attached to an aromatic ring is 1. The first-order chi connectivity index (χ1) is 10.1. The summed E-state index contributed by atoms with van der Waals surface area (Å²) < 4.78 is 12.8. The fraction of sp³-hybridized carbons (Fsp3) is 0.286. The Labute approximate surface area is 131 Å². The van der Waals surface area contributed by atoms with Gasteiger partial charge in [-0.1, -0.05) is 0 Å². The van der Waals surface area contributed by atoms with Crippen LogP contribution in [0.15, 0.2) is 24.3 Å². The topological polar surface area (TPSA) is 63.0 Å². The van der Waals surface area contributed by atoms with Gasteiger partial charge in [0.25, 0.3) is 0 Å². The van der Waals surface area contributed by atoms with Crippen molar-refractivity contribution in [2.45, 2.75) is 25.3 Å². The van der Waals surface area contributed by atoms with Gasteiger partial charge in [0.15, 0.2) is 10.2 Å². The van der Waals surface area contributed by atoms with E-state index < -0.39 is 0 Å². The number of nitrogens with zero attached hydrogens (tertiary/aromatic N) is 1. The van der Waals surface area contributed by atoms with Gasteiger partial charge in [-0.3, -0.25) is 0 Å². The van der Waals surface area contributed by atoms with Crippen LogP contribution >= 0.6 is 23.6 Å². The van der Waals surface area contributed by atoms with E-state index in [1.54, 1.807) is 23.5 Å². The SMILES string of the molecule is Nc1nc2c(s1)C[C@@H](NC(=S)Nc1ccc(F)cc1)CC2. The molecule has 0 bridgehead atoms. The molecule has 1 aliphatic carbocycles. The van der Waals surface area contributed by atoms with Crippen molar-refractivity contribution in [3.63, 3.8) is 0 Å². The summed E-state index contributed by atoms with van der Waals surface area (Å²) in [5.74, 6) is -0.262. The minimum Gasteiger partial charge on any atom is -0.375 e. The molecule has 1 aromatic carbocycles. The fourth-order valence-electron chi connectivity index (χ4n) is 2.40. The van der Waals surface area contributed by atoms with Gasteiger partial charge in [-0.15, -0.1) is 11.3 Å².